The van der Waals surface area contributed by atoms with Crippen LogP contribution in [0.2, 0.25) is 0 Å². The Bertz CT molecular complexity index is 347. The molecule has 0 bridgehead atoms. The molecule has 1 aromatic carbocycles. The van der Waals surface area contributed by atoms with Crippen LogP contribution in [-0.2, 0) is 11.3 Å². The molecular formula is C11H12BrNO. The van der Waals surface area contributed by atoms with Crippen LogP contribution >= 0.6 is 15.9 Å². The molecule has 0 radical (unpaired) electrons. The van der Waals surface area contributed by atoms with Gasteiger partial charge in [0.05, 0.1) is 0 Å². The van der Waals surface area contributed by atoms with Crippen LogP contribution in [0.25, 0.3) is 0 Å². The molecule has 0 unspecified atom stereocenters. The summed E-state index contributed by atoms with van der Waals surface area (Å²) >= 11 is 3.45. The zero-order valence-electron chi connectivity index (χ0n) is 7.79. The zero-order valence-corrected chi connectivity index (χ0v) is 9.38. The lowest BCUT2D eigenvalue weighted by molar-refractivity contribution is -0.122. The van der Waals surface area contributed by atoms with Gasteiger partial charge >= 0.3 is 0 Å². The van der Waals surface area contributed by atoms with Crippen molar-refractivity contribution in [2.24, 2.45) is 5.92 Å². The predicted molar refractivity (Wildman–Crippen MR) is 58.7 cm³/mol. The molecule has 1 amide bonds. The highest BCUT2D eigenvalue weighted by Gasteiger charge is 2.29. The summed E-state index contributed by atoms with van der Waals surface area (Å²) in [4.78, 5) is 11.4. The number of carbonyl (C=O) groups is 1. The first kappa shape index (κ1) is 9.71. The van der Waals surface area contributed by atoms with Crippen molar-refractivity contribution in [2.75, 3.05) is 0 Å². The topological polar surface area (TPSA) is 29.1 Å². The van der Waals surface area contributed by atoms with Crippen molar-refractivity contribution in [2.45, 2.75) is 19.4 Å². The Balaban J connectivity index is 1.91. The fourth-order valence-corrected chi connectivity index (χ4v) is 1.74. The minimum Gasteiger partial charge on any atom is -0.352 e. The van der Waals surface area contributed by atoms with E-state index in [9.17, 15) is 4.79 Å². The van der Waals surface area contributed by atoms with Gasteiger partial charge in [0.15, 0.2) is 0 Å². The fourth-order valence-electron chi connectivity index (χ4n) is 1.31. The second-order valence-electron chi connectivity index (χ2n) is 3.58. The van der Waals surface area contributed by atoms with Crippen molar-refractivity contribution in [1.82, 2.24) is 5.32 Å². The third kappa shape index (κ3) is 2.35. The van der Waals surface area contributed by atoms with Crippen LogP contribution in [0, 0.1) is 5.92 Å². The fraction of sp³-hybridized carbons (Fsp3) is 0.364. The molecular weight excluding hydrogens is 242 g/mol. The van der Waals surface area contributed by atoms with Crippen molar-refractivity contribution in [3.05, 3.63) is 34.3 Å². The normalized spacial score (nSPS) is 15.2. The molecule has 1 aliphatic carbocycles. The van der Waals surface area contributed by atoms with Gasteiger partial charge in [-0.3, -0.25) is 4.79 Å². The summed E-state index contributed by atoms with van der Waals surface area (Å²) in [5.41, 5.74) is 1.13. The molecule has 1 N–H and O–H groups in total. The SMILES string of the molecule is O=C(NCc1ccccc1Br)C1CC1. The van der Waals surface area contributed by atoms with Crippen molar-refractivity contribution in [3.63, 3.8) is 0 Å². The van der Waals surface area contributed by atoms with Crippen LogP contribution in [0.4, 0.5) is 0 Å². The van der Waals surface area contributed by atoms with E-state index in [1.54, 1.807) is 0 Å². The minimum absolute atomic E-state index is 0.195. The monoisotopic (exact) mass is 253 g/mol. The van der Waals surface area contributed by atoms with E-state index in [4.69, 9.17) is 0 Å². The van der Waals surface area contributed by atoms with E-state index in [1.165, 1.54) is 0 Å². The highest BCUT2D eigenvalue weighted by atomic mass is 79.9. The first-order valence-corrected chi connectivity index (χ1v) is 5.58. The second-order valence-corrected chi connectivity index (χ2v) is 4.44. The lowest BCUT2D eigenvalue weighted by Gasteiger charge is -2.05. The Morgan fingerprint density at radius 2 is 2.14 bits per heavy atom. The molecule has 1 saturated carbocycles. The minimum atomic E-state index is 0.195. The summed E-state index contributed by atoms with van der Waals surface area (Å²) in [5, 5.41) is 2.93. The van der Waals surface area contributed by atoms with E-state index in [1.807, 2.05) is 24.3 Å². The lowest BCUT2D eigenvalue weighted by atomic mass is 10.2. The van der Waals surface area contributed by atoms with E-state index < -0.39 is 0 Å². The number of rotatable bonds is 3. The van der Waals surface area contributed by atoms with Gasteiger partial charge in [0.1, 0.15) is 0 Å². The van der Waals surface area contributed by atoms with Gasteiger partial charge in [0.25, 0.3) is 0 Å². The quantitative estimate of drug-likeness (QED) is 0.882. The number of hydrogen-bond donors (Lipinski definition) is 1. The number of halogens is 1. The van der Waals surface area contributed by atoms with Crippen molar-refractivity contribution in [3.8, 4) is 0 Å². The van der Waals surface area contributed by atoms with E-state index in [0.717, 1.165) is 22.9 Å². The van der Waals surface area contributed by atoms with Crippen LogP contribution in [0.1, 0.15) is 18.4 Å². The number of benzene rings is 1. The highest BCUT2D eigenvalue weighted by molar-refractivity contribution is 9.10. The summed E-state index contributed by atoms with van der Waals surface area (Å²) in [6, 6.07) is 7.94. The van der Waals surface area contributed by atoms with Gasteiger partial charge in [-0.05, 0) is 24.5 Å². The molecule has 1 fully saturated rings. The molecule has 1 aliphatic rings. The van der Waals surface area contributed by atoms with Crippen LogP contribution in [0.5, 0.6) is 0 Å². The summed E-state index contributed by atoms with van der Waals surface area (Å²) in [6.07, 6.45) is 2.11. The molecule has 3 heteroatoms. The third-order valence-electron chi connectivity index (χ3n) is 2.36. The first-order valence-electron chi connectivity index (χ1n) is 4.78. The summed E-state index contributed by atoms with van der Waals surface area (Å²) in [5.74, 6) is 0.484. The smallest absolute Gasteiger partial charge is 0.223 e. The Morgan fingerprint density at radius 3 is 2.79 bits per heavy atom. The molecule has 0 saturated heterocycles. The average Bonchev–Trinajstić information content (AvgIpc) is 2.99. The molecule has 0 atom stereocenters. The number of hydrogen-bond acceptors (Lipinski definition) is 1. The van der Waals surface area contributed by atoms with Crippen LogP contribution in [0.3, 0.4) is 0 Å². The largest absolute Gasteiger partial charge is 0.352 e. The lowest BCUT2D eigenvalue weighted by Crippen LogP contribution is -2.24. The molecule has 14 heavy (non-hydrogen) atoms. The number of amides is 1. The maximum atomic E-state index is 11.4. The second kappa shape index (κ2) is 4.13. The third-order valence-corrected chi connectivity index (χ3v) is 3.13. The molecule has 0 aliphatic heterocycles. The molecule has 74 valence electrons. The summed E-state index contributed by atoms with van der Waals surface area (Å²) < 4.78 is 1.05. The molecule has 2 nitrogen and oxygen atoms in total. The first-order chi connectivity index (χ1) is 6.77. The Morgan fingerprint density at radius 1 is 1.43 bits per heavy atom. The summed E-state index contributed by atoms with van der Waals surface area (Å²) in [7, 11) is 0. The van der Waals surface area contributed by atoms with E-state index in [0.29, 0.717) is 6.54 Å². The van der Waals surface area contributed by atoms with Gasteiger partial charge in [-0.25, -0.2) is 0 Å². The molecule has 0 aromatic heterocycles. The van der Waals surface area contributed by atoms with E-state index in [2.05, 4.69) is 21.2 Å². The van der Waals surface area contributed by atoms with Crippen LogP contribution in [-0.4, -0.2) is 5.91 Å². The van der Waals surface area contributed by atoms with Gasteiger partial charge in [0.2, 0.25) is 5.91 Å². The predicted octanol–water partition coefficient (Wildman–Crippen LogP) is 2.48. The van der Waals surface area contributed by atoms with Crippen molar-refractivity contribution in [1.29, 1.82) is 0 Å². The Kier molecular flexibility index (Phi) is 2.87. The standard InChI is InChI=1S/C11H12BrNO/c12-10-4-2-1-3-9(10)7-13-11(14)8-5-6-8/h1-4,8H,5-7H2,(H,13,14). The van der Waals surface area contributed by atoms with Crippen molar-refractivity contribution < 1.29 is 4.79 Å². The highest BCUT2D eigenvalue weighted by Crippen LogP contribution is 2.29. The van der Waals surface area contributed by atoms with E-state index >= 15 is 0 Å². The van der Waals surface area contributed by atoms with E-state index in [-0.39, 0.29) is 11.8 Å². The zero-order chi connectivity index (χ0) is 9.97. The number of carbonyl (C=O) groups excluding carboxylic acids is 1. The van der Waals surface area contributed by atoms with Gasteiger partial charge in [0, 0.05) is 16.9 Å². The maximum absolute atomic E-state index is 11.4. The van der Waals surface area contributed by atoms with Gasteiger partial charge in [-0.15, -0.1) is 0 Å². The molecule has 0 spiro atoms. The van der Waals surface area contributed by atoms with Gasteiger partial charge in [-0.1, -0.05) is 34.1 Å². The molecule has 0 heterocycles. The number of nitrogens with one attached hydrogen (secondary N) is 1. The Labute approximate surface area is 91.8 Å². The van der Waals surface area contributed by atoms with Crippen molar-refractivity contribution >= 4 is 21.8 Å². The van der Waals surface area contributed by atoms with Crippen LogP contribution in [0.15, 0.2) is 28.7 Å². The Hall–Kier alpha value is -0.830. The molecule has 1 aromatic rings. The average molecular weight is 254 g/mol. The van der Waals surface area contributed by atoms with Crippen LogP contribution < -0.4 is 5.32 Å². The summed E-state index contributed by atoms with van der Waals surface area (Å²) in [6.45, 7) is 0.622. The maximum Gasteiger partial charge on any atom is 0.223 e. The van der Waals surface area contributed by atoms with Gasteiger partial charge < -0.3 is 5.32 Å². The van der Waals surface area contributed by atoms with Gasteiger partial charge in [-0.2, -0.15) is 0 Å². The molecule has 2 rings (SSSR count).